The molecule has 3 nitrogen and oxygen atoms in total. The van der Waals surface area contributed by atoms with Crippen molar-refractivity contribution in [1.82, 2.24) is 10.2 Å². The van der Waals surface area contributed by atoms with Crippen molar-refractivity contribution in [1.29, 1.82) is 0 Å². The smallest absolute Gasteiger partial charge is 0.255 e. The number of nitrogens with one attached hydrogen (secondary N) is 1. The molecule has 1 N–H and O–H groups in total. The molecule has 2 heterocycles. The molecule has 2 unspecified atom stereocenters. The van der Waals surface area contributed by atoms with Crippen LogP contribution in [0.5, 0.6) is 0 Å². The van der Waals surface area contributed by atoms with Crippen LogP contribution in [0.15, 0.2) is 11.4 Å². The average molecular weight is 387 g/mol. The fourth-order valence-corrected chi connectivity index (χ4v) is 3.21. The number of piperazine rings is 1. The first-order chi connectivity index (χ1) is 7.58. The zero-order valence-corrected chi connectivity index (χ0v) is 13.6. The van der Waals surface area contributed by atoms with Gasteiger partial charge in [-0.1, -0.05) is 0 Å². The van der Waals surface area contributed by atoms with Gasteiger partial charge in [-0.25, -0.2) is 0 Å². The van der Waals surface area contributed by atoms with Gasteiger partial charge in [0.2, 0.25) is 0 Å². The molecule has 0 radical (unpaired) electrons. The van der Waals surface area contributed by atoms with Gasteiger partial charge in [0.25, 0.3) is 5.91 Å². The van der Waals surface area contributed by atoms with Crippen molar-refractivity contribution in [2.75, 3.05) is 13.1 Å². The van der Waals surface area contributed by atoms with Gasteiger partial charge in [0.05, 0.1) is 8.45 Å². The van der Waals surface area contributed by atoms with E-state index in [9.17, 15) is 4.79 Å². The second-order valence-electron chi connectivity index (χ2n) is 4.26. The summed E-state index contributed by atoms with van der Waals surface area (Å²) in [5.74, 6) is 0.167. The molecule has 2 rings (SSSR count). The number of thiophene rings is 1. The number of hydrogen-bond donors (Lipinski definition) is 1. The third-order valence-corrected chi connectivity index (χ3v) is 4.63. The molecule has 0 bridgehead atoms. The number of halogens is 2. The standard InChI is InChI=1S/C11H15IN2OS.ClH/c1-7-5-14(8(2)4-13-7)11(15)9-3-10(12)16-6-9;/h3,6-8,13H,4-5H2,1-2H3;1H. The second kappa shape index (κ2) is 6.36. The Morgan fingerprint density at radius 3 is 2.88 bits per heavy atom. The highest BCUT2D eigenvalue weighted by molar-refractivity contribution is 14.1. The topological polar surface area (TPSA) is 32.3 Å². The molecule has 96 valence electrons. The Morgan fingerprint density at radius 1 is 1.59 bits per heavy atom. The molecule has 0 spiro atoms. The molecule has 2 atom stereocenters. The molecule has 1 amide bonds. The first-order valence-electron chi connectivity index (χ1n) is 5.36. The molecule has 0 aliphatic carbocycles. The molecule has 1 aliphatic heterocycles. The molecule has 1 aromatic heterocycles. The van der Waals surface area contributed by atoms with Crippen LogP contribution in [0.3, 0.4) is 0 Å². The molecule has 17 heavy (non-hydrogen) atoms. The fraction of sp³-hybridized carbons (Fsp3) is 0.545. The van der Waals surface area contributed by atoms with Crippen molar-refractivity contribution in [2.24, 2.45) is 0 Å². The normalized spacial score (nSPS) is 24.3. The van der Waals surface area contributed by atoms with E-state index < -0.39 is 0 Å². The van der Waals surface area contributed by atoms with Crippen LogP contribution in [0.25, 0.3) is 0 Å². The summed E-state index contributed by atoms with van der Waals surface area (Å²) in [6, 6.07) is 2.63. The lowest BCUT2D eigenvalue weighted by Crippen LogP contribution is -2.56. The summed E-state index contributed by atoms with van der Waals surface area (Å²) >= 11 is 3.87. The lowest BCUT2D eigenvalue weighted by Gasteiger charge is -2.37. The third kappa shape index (κ3) is 3.56. The number of hydrogen-bond acceptors (Lipinski definition) is 3. The van der Waals surface area contributed by atoms with E-state index >= 15 is 0 Å². The van der Waals surface area contributed by atoms with Gasteiger partial charge < -0.3 is 10.2 Å². The molecule has 0 aromatic carbocycles. The minimum atomic E-state index is 0. The Balaban J connectivity index is 0.00000144. The van der Waals surface area contributed by atoms with E-state index in [4.69, 9.17) is 0 Å². The van der Waals surface area contributed by atoms with Gasteiger partial charge in [0.15, 0.2) is 0 Å². The van der Waals surface area contributed by atoms with E-state index in [0.717, 1.165) is 21.5 Å². The maximum atomic E-state index is 12.3. The summed E-state index contributed by atoms with van der Waals surface area (Å²) in [5.41, 5.74) is 0.829. The van der Waals surface area contributed by atoms with Crippen LogP contribution in [-0.2, 0) is 0 Å². The number of amides is 1. The van der Waals surface area contributed by atoms with Gasteiger partial charge in [0, 0.05) is 30.6 Å². The van der Waals surface area contributed by atoms with Crippen molar-refractivity contribution in [3.8, 4) is 0 Å². The monoisotopic (exact) mass is 386 g/mol. The van der Waals surface area contributed by atoms with E-state index in [1.54, 1.807) is 11.3 Å². The average Bonchev–Trinajstić information content (AvgIpc) is 2.67. The van der Waals surface area contributed by atoms with Crippen LogP contribution in [0.2, 0.25) is 0 Å². The van der Waals surface area contributed by atoms with Crippen molar-refractivity contribution < 1.29 is 4.79 Å². The van der Waals surface area contributed by atoms with Crippen LogP contribution in [0.4, 0.5) is 0 Å². The Kier molecular flexibility index (Phi) is 5.69. The van der Waals surface area contributed by atoms with Crippen LogP contribution in [0, 0.1) is 2.88 Å². The van der Waals surface area contributed by atoms with Crippen LogP contribution in [-0.4, -0.2) is 36.0 Å². The fourth-order valence-electron chi connectivity index (χ4n) is 1.89. The Labute approximate surface area is 126 Å². The van der Waals surface area contributed by atoms with Crippen molar-refractivity contribution in [2.45, 2.75) is 25.9 Å². The predicted octanol–water partition coefficient (Wildman–Crippen LogP) is 2.60. The summed E-state index contributed by atoms with van der Waals surface area (Å²) in [7, 11) is 0. The lowest BCUT2D eigenvalue weighted by molar-refractivity contribution is 0.0617. The Bertz CT molecular complexity index is 399. The summed E-state index contributed by atoms with van der Waals surface area (Å²) in [4.78, 5) is 14.2. The number of rotatable bonds is 1. The minimum absolute atomic E-state index is 0. The summed E-state index contributed by atoms with van der Waals surface area (Å²) in [6.45, 7) is 5.89. The number of nitrogens with zero attached hydrogens (tertiary/aromatic N) is 1. The highest BCUT2D eigenvalue weighted by Gasteiger charge is 2.27. The van der Waals surface area contributed by atoms with Crippen molar-refractivity contribution in [3.05, 3.63) is 19.9 Å². The predicted molar refractivity (Wildman–Crippen MR) is 82.2 cm³/mol. The van der Waals surface area contributed by atoms with E-state index in [2.05, 4.69) is 41.8 Å². The maximum Gasteiger partial charge on any atom is 0.255 e. The molecule has 0 saturated carbocycles. The third-order valence-electron chi connectivity index (χ3n) is 2.84. The van der Waals surface area contributed by atoms with Crippen LogP contribution < -0.4 is 5.32 Å². The lowest BCUT2D eigenvalue weighted by atomic mass is 10.1. The van der Waals surface area contributed by atoms with Gasteiger partial charge in [-0.05, 0) is 42.5 Å². The van der Waals surface area contributed by atoms with Gasteiger partial charge in [-0.15, -0.1) is 23.7 Å². The van der Waals surface area contributed by atoms with E-state index in [1.807, 2.05) is 16.3 Å². The number of carbonyl (C=O) groups is 1. The first-order valence-corrected chi connectivity index (χ1v) is 7.32. The Hall–Kier alpha value is 0.150. The highest BCUT2D eigenvalue weighted by Crippen LogP contribution is 2.20. The van der Waals surface area contributed by atoms with Crippen LogP contribution >= 0.6 is 46.3 Å². The number of carbonyl (C=O) groups excluding carboxylic acids is 1. The molecule has 1 fully saturated rings. The highest BCUT2D eigenvalue weighted by atomic mass is 127. The van der Waals surface area contributed by atoms with Gasteiger partial charge >= 0.3 is 0 Å². The maximum absolute atomic E-state index is 12.3. The quantitative estimate of drug-likeness (QED) is 0.753. The minimum Gasteiger partial charge on any atom is -0.333 e. The largest absolute Gasteiger partial charge is 0.333 e. The molecular weight excluding hydrogens is 371 g/mol. The molecular formula is C11H16ClIN2OS. The van der Waals surface area contributed by atoms with Gasteiger partial charge in [-0.2, -0.15) is 0 Å². The van der Waals surface area contributed by atoms with E-state index in [0.29, 0.717) is 6.04 Å². The summed E-state index contributed by atoms with van der Waals surface area (Å²) < 4.78 is 1.16. The van der Waals surface area contributed by atoms with E-state index in [-0.39, 0.29) is 24.4 Å². The summed E-state index contributed by atoms with van der Waals surface area (Å²) in [5, 5.41) is 5.33. The zero-order valence-electron chi connectivity index (χ0n) is 9.77. The van der Waals surface area contributed by atoms with E-state index in [1.165, 1.54) is 0 Å². The molecule has 6 heteroatoms. The van der Waals surface area contributed by atoms with Crippen LogP contribution in [0.1, 0.15) is 24.2 Å². The first kappa shape index (κ1) is 15.2. The Morgan fingerprint density at radius 2 is 2.29 bits per heavy atom. The SMILES string of the molecule is CC1CN(C(=O)c2csc(I)c2)C(C)CN1.Cl. The molecule has 1 saturated heterocycles. The van der Waals surface area contributed by atoms with Gasteiger partial charge in [0.1, 0.15) is 0 Å². The van der Waals surface area contributed by atoms with Gasteiger partial charge in [-0.3, -0.25) is 4.79 Å². The molecule has 1 aliphatic rings. The zero-order chi connectivity index (χ0) is 11.7. The van der Waals surface area contributed by atoms with Crippen molar-refractivity contribution >= 4 is 52.2 Å². The second-order valence-corrected chi connectivity index (χ2v) is 7.06. The molecule has 1 aromatic rings. The summed E-state index contributed by atoms with van der Waals surface area (Å²) in [6.07, 6.45) is 0. The van der Waals surface area contributed by atoms with Crippen molar-refractivity contribution in [3.63, 3.8) is 0 Å².